The predicted octanol–water partition coefficient (Wildman–Crippen LogP) is 2.31. The molecule has 0 aliphatic rings. The third-order valence-corrected chi connectivity index (χ3v) is 3.83. The van der Waals surface area contributed by atoms with Crippen molar-refractivity contribution < 1.29 is 24.2 Å². The first-order valence-electron chi connectivity index (χ1n) is 7.92. The Hall–Kier alpha value is -2.73. The van der Waals surface area contributed by atoms with E-state index in [9.17, 15) is 24.2 Å². The van der Waals surface area contributed by atoms with Gasteiger partial charge in [0.25, 0.3) is 0 Å². The topological polar surface area (TPSA) is 86.6 Å². The Labute approximate surface area is 145 Å². The molecule has 0 radical (unpaired) electrons. The first-order chi connectivity index (χ1) is 12.0. The van der Waals surface area contributed by atoms with Gasteiger partial charge in [-0.3, -0.25) is 9.59 Å². The number of halogens is 1. The number of carboxylic acids is 1. The van der Waals surface area contributed by atoms with Crippen LogP contribution in [0.1, 0.15) is 23.7 Å². The van der Waals surface area contributed by atoms with E-state index < -0.39 is 29.7 Å². The molecular weight excluding hydrogens is 325 g/mol. The molecule has 0 bridgehead atoms. The SMILES string of the molecule is O=C(CC(O)c1cccc(F)c1)NCC(Cc1ccccc1)C(=O)O. The summed E-state index contributed by atoms with van der Waals surface area (Å²) < 4.78 is 13.1. The van der Waals surface area contributed by atoms with E-state index in [1.165, 1.54) is 18.2 Å². The van der Waals surface area contributed by atoms with E-state index in [1.807, 2.05) is 30.3 Å². The number of hydrogen-bond acceptors (Lipinski definition) is 3. The van der Waals surface area contributed by atoms with E-state index in [2.05, 4.69) is 5.32 Å². The van der Waals surface area contributed by atoms with Gasteiger partial charge >= 0.3 is 5.97 Å². The number of carbonyl (C=O) groups excluding carboxylic acids is 1. The van der Waals surface area contributed by atoms with Crippen LogP contribution in [-0.2, 0) is 16.0 Å². The zero-order chi connectivity index (χ0) is 18.2. The van der Waals surface area contributed by atoms with Crippen LogP contribution in [0.2, 0.25) is 0 Å². The van der Waals surface area contributed by atoms with E-state index in [0.29, 0.717) is 12.0 Å². The van der Waals surface area contributed by atoms with Gasteiger partial charge in [-0.15, -0.1) is 0 Å². The van der Waals surface area contributed by atoms with E-state index in [0.717, 1.165) is 11.6 Å². The van der Waals surface area contributed by atoms with Crippen LogP contribution in [0.4, 0.5) is 4.39 Å². The smallest absolute Gasteiger partial charge is 0.308 e. The molecule has 2 aromatic carbocycles. The largest absolute Gasteiger partial charge is 0.481 e. The van der Waals surface area contributed by atoms with Crippen molar-refractivity contribution in [1.82, 2.24) is 5.32 Å². The zero-order valence-electron chi connectivity index (χ0n) is 13.6. The number of rotatable bonds is 8. The summed E-state index contributed by atoms with van der Waals surface area (Å²) in [5.41, 5.74) is 1.16. The highest BCUT2D eigenvalue weighted by Crippen LogP contribution is 2.17. The van der Waals surface area contributed by atoms with Crippen molar-refractivity contribution in [3.63, 3.8) is 0 Å². The molecule has 0 aromatic heterocycles. The van der Waals surface area contributed by atoms with Crippen molar-refractivity contribution in [2.45, 2.75) is 18.9 Å². The molecule has 132 valence electrons. The number of benzene rings is 2. The number of aliphatic carboxylic acids is 1. The van der Waals surface area contributed by atoms with Crippen LogP contribution >= 0.6 is 0 Å². The molecule has 2 unspecified atom stereocenters. The van der Waals surface area contributed by atoms with Gasteiger partial charge in [0, 0.05) is 6.54 Å². The summed E-state index contributed by atoms with van der Waals surface area (Å²) >= 11 is 0. The first kappa shape index (κ1) is 18.6. The van der Waals surface area contributed by atoms with E-state index in [4.69, 9.17) is 0 Å². The molecule has 0 aliphatic heterocycles. The fourth-order valence-corrected chi connectivity index (χ4v) is 2.46. The van der Waals surface area contributed by atoms with Gasteiger partial charge in [0.2, 0.25) is 5.91 Å². The van der Waals surface area contributed by atoms with Crippen molar-refractivity contribution in [1.29, 1.82) is 0 Å². The summed E-state index contributed by atoms with van der Waals surface area (Å²) in [5, 5.41) is 21.8. The molecule has 2 aromatic rings. The maximum Gasteiger partial charge on any atom is 0.308 e. The van der Waals surface area contributed by atoms with E-state index >= 15 is 0 Å². The number of nitrogens with one attached hydrogen (secondary N) is 1. The summed E-state index contributed by atoms with van der Waals surface area (Å²) in [4.78, 5) is 23.3. The Morgan fingerprint density at radius 2 is 1.80 bits per heavy atom. The van der Waals surface area contributed by atoms with Gasteiger partial charge in [-0.1, -0.05) is 42.5 Å². The number of hydrogen-bond donors (Lipinski definition) is 3. The van der Waals surface area contributed by atoms with Crippen LogP contribution in [-0.4, -0.2) is 28.6 Å². The minimum atomic E-state index is -1.15. The molecule has 0 heterocycles. The van der Waals surface area contributed by atoms with Crippen molar-refractivity contribution in [2.75, 3.05) is 6.54 Å². The second-order valence-electron chi connectivity index (χ2n) is 5.80. The average Bonchev–Trinajstić information content (AvgIpc) is 2.59. The maximum atomic E-state index is 13.1. The number of carbonyl (C=O) groups is 2. The fraction of sp³-hybridized carbons (Fsp3) is 0.263. The number of aliphatic hydroxyl groups is 1. The van der Waals surface area contributed by atoms with Gasteiger partial charge in [0.05, 0.1) is 18.4 Å². The lowest BCUT2D eigenvalue weighted by molar-refractivity contribution is -0.141. The summed E-state index contributed by atoms with van der Waals surface area (Å²) in [7, 11) is 0. The molecule has 3 N–H and O–H groups in total. The fourth-order valence-electron chi connectivity index (χ4n) is 2.46. The summed E-state index contributed by atoms with van der Waals surface area (Å²) in [6, 6.07) is 14.5. The number of aliphatic hydroxyl groups excluding tert-OH is 1. The van der Waals surface area contributed by atoms with Gasteiger partial charge < -0.3 is 15.5 Å². The van der Waals surface area contributed by atoms with Crippen LogP contribution in [0.25, 0.3) is 0 Å². The highest BCUT2D eigenvalue weighted by molar-refractivity contribution is 5.78. The third-order valence-electron chi connectivity index (χ3n) is 3.83. The standard InChI is InChI=1S/C19H20FNO4/c20-16-8-4-7-14(10-16)17(22)11-18(23)21-12-15(19(24)25)9-13-5-2-1-3-6-13/h1-8,10,15,17,22H,9,11-12H2,(H,21,23)(H,24,25). The van der Waals surface area contributed by atoms with Crippen molar-refractivity contribution in [2.24, 2.45) is 5.92 Å². The van der Waals surface area contributed by atoms with Crippen LogP contribution in [0.15, 0.2) is 54.6 Å². The van der Waals surface area contributed by atoms with Crippen LogP contribution in [0.5, 0.6) is 0 Å². The molecule has 0 fully saturated rings. The van der Waals surface area contributed by atoms with Gasteiger partial charge in [-0.25, -0.2) is 4.39 Å². The number of carboxylic acid groups (broad SMARTS) is 1. The Bertz CT molecular complexity index is 720. The predicted molar refractivity (Wildman–Crippen MR) is 90.3 cm³/mol. The summed E-state index contributed by atoms with van der Waals surface area (Å²) in [6.45, 7) is -0.0427. The van der Waals surface area contributed by atoms with Crippen molar-refractivity contribution in [3.05, 3.63) is 71.5 Å². The highest BCUT2D eigenvalue weighted by atomic mass is 19.1. The van der Waals surface area contributed by atoms with Crippen LogP contribution in [0.3, 0.4) is 0 Å². The second kappa shape index (κ2) is 8.94. The first-order valence-corrected chi connectivity index (χ1v) is 7.92. The Balaban J connectivity index is 1.87. The molecule has 1 amide bonds. The zero-order valence-corrected chi connectivity index (χ0v) is 13.6. The lowest BCUT2D eigenvalue weighted by atomic mass is 9.99. The second-order valence-corrected chi connectivity index (χ2v) is 5.80. The van der Waals surface area contributed by atoms with Crippen molar-refractivity contribution >= 4 is 11.9 Å². The summed E-state index contributed by atoms with van der Waals surface area (Å²) in [5.74, 6) is -2.76. The molecular formula is C19H20FNO4. The third kappa shape index (κ3) is 6.00. The molecule has 2 atom stereocenters. The minimum absolute atomic E-state index is 0.0427. The van der Waals surface area contributed by atoms with Gasteiger partial charge in [-0.05, 0) is 29.7 Å². The van der Waals surface area contributed by atoms with Crippen LogP contribution < -0.4 is 5.32 Å². The average molecular weight is 345 g/mol. The molecule has 0 aliphatic carbocycles. The lowest BCUT2D eigenvalue weighted by Gasteiger charge is -2.15. The van der Waals surface area contributed by atoms with Crippen LogP contribution in [0, 0.1) is 11.7 Å². The molecule has 0 spiro atoms. The molecule has 25 heavy (non-hydrogen) atoms. The van der Waals surface area contributed by atoms with E-state index in [1.54, 1.807) is 0 Å². The van der Waals surface area contributed by atoms with Crippen molar-refractivity contribution in [3.8, 4) is 0 Å². The van der Waals surface area contributed by atoms with Gasteiger partial charge in [0.1, 0.15) is 5.82 Å². The molecule has 0 saturated carbocycles. The Morgan fingerprint density at radius 1 is 1.08 bits per heavy atom. The van der Waals surface area contributed by atoms with E-state index in [-0.39, 0.29) is 13.0 Å². The normalized spacial score (nSPS) is 13.0. The molecule has 2 rings (SSSR count). The maximum absolute atomic E-state index is 13.1. The Kier molecular flexibility index (Phi) is 6.65. The molecule has 6 heteroatoms. The van der Waals surface area contributed by atoms with Gasteiger partial charge in [-0.2, -0.15) is 0 Å². The Morgan fingerprint density at radius 3 is 2.44 bits per heavy atom. The van der Waals surface area contributed by atoms with Gasteiger partial charge in [0.15, 0.2) is 0 Å². The molecule has 5 nitrogen and oxygen atoms in total. The minimum Gasteiger partial charge on any atom is -0.481 e. The molecule has 0 saturated heterocycles. The highest BCUT2D eigenvalue weighted by Gasteiger charge is 2.20. The number of amides is 1. The monoisotopic (exact) mass is 345 g/mol. The quantitative estimate of drug-likeness (QED) is 0.685. The summed E-state index contributed by atoms with van der Waals surface area (Å²) in [6.07, 6.45) is -1.11. The lowest BCUT2D eigenvalue weighted by Crippen LogP contribution is -2.34.